The monoisotopic (exact) mass is 452 g/mol. The van der Waals surface area contributed by atoms with Crippen LogP contribution in [0.4, 0.5) is 0 Å². The van der Waals surface area contributed by atoms with Crippen LogP contribution in [0, 0.1) is 5.92 Å². The molecule has 178 valence electrons. The predicted molar refractivity (Wildman–Crippen MR) is 127 cm³/mol. The van der Waals surface area contributed by atoms with Crippen molar-refractivity contribution in [3.63, 3.8) is 0 Å². The third-order valence-electron chi connectivity index (χ3n) is 7.93. The zero-order chi connectivity index (χ0) is 23.2. The van der Waals surface area contributed by atoms with E-state index in [0.717, 1.165) is 74.6 Å². The van der Waals surface area contributed by atoms with Crippen molar-refractivity contribution in [3.05, 3.63) is 60.2 Å². The van der Waals surface area contributed by atoms with E-state index >= 15 is 0 Å². The largest absolute Gasteiger partial charge is 0.457 e. The maximum atomic E-state index is 13.4. The normalized spacial score (nSPS) is 25.5. The lowest BCUT2D eigenvalue weighted by Gasteiger charge is -2.39. The van der Waals surface area contributed by atoms with Crippen molar-refractivity contribution >= 4 is 5.97 Å². The van der Waals surface area contributed by atoms with Crippen LogP contribution >= 0.6 is 0 Å². The summed E-state index contributed by atoms with van der Waals surface area (Å²) in [6, 6.07) is 9.67. The highest BCUT2D eigenvalue weighted by molar-refractivity contribution is 5.81. The number of rotatable bonds is 9. The lowest BCUT2D eigenvalue weighted by atomic mass is 9.73. The molecule has 2 heterocycles. The number of aliphatic hydroxyl groups is 1. The number of carbonyl (C=O) groups excluding carboxylic acids is 1. The van der Waals surface area contributed by atoms with Gasteiger partial charge in [0, 0.05) is 43.8 Å². The molecule has 2 aliphatic rings. The van der Waals surface area contributed by atoms with E-state index in [1.165, 1.54) is 6.42 Å². The highest BCUT2D eigenvalue weighted by atomic mass is 16.6. The first kappa shape index (κ1) is 23.8. The van der Waals surface area contributed by atoms with Crippen LogP contribution in [0.15, 0.2) is 48.9 Å². The molecule has 0 radical (unpaired) electrons. The molecule has 0 bridgehead atoms. The van der Waals surface area contributed by atoms with Crippen molar-refractivity contribution in [1.82, 2.24) is 9.97 Å². The standard InChI is InChI=1S/C27H38N3O3/c1-30(18-8-14-24-20-28-16-17-29-24)19-9-15-25(30)21-33-26(31)27(32,22-10-4-2-5-11-22)23-12-6-3-7-13-23/h2,4-5,10-11,16-17,20,23,25,32H,3,6-9,12-15,18-19,21H2,1H3/q+1/t25?,27?,30-/m0/s1. The Balaban J connectivity index is 1.39. The van der Waals surface area contributed by atoms with E-state index in [1.54, 1.807) is 12.4 Å². The van der Waals surface area contributed by atoms with Crippen molar-refractivity contribution in [1.29, 1.82) is 0 Å². The maximum absolute atomic E-state index is 13.4. The van der Waals surface area contributed by atoms with Crippen molar-refractivity contribution in [3.8, 4) is 0 Å². The van der Waals surface area contributed by atoms with Crippen LogP contribution in [0.2, 0.25) is 0 Å². The van der Waals surface area contributed by atoms with Gasteiger partial charge in [0.1, 0.15) is 12.6 Å². The van der Waals surface area contributed by atoms with Gasteiger partial charge in [-0.05, 0) is 24.8 Å². The summed E-state index contributed by atoms with van der Waals surface area (Å²) in [6.07, 6.45) is 14.4. The van der Waals surface area contributed by atoms with Gasteiger partial charge in [0.05, 0.1) is 25.8 Å². The molecule has 1 saturated carbocycles. The van der Waals surface area contributed by atoms with Gasteiger partial charge in [0.25, 0.3) is 0 Å². The van der Waals surface area contributed by atoms with E-state index in [9.17, 15) is 9.90 Å². The third-order valence-corrected chi connectivity index (χ3v) is 7.93. The molecule has 1 aromatic carbocycles. The Kier molecular flexibility index (Phi) is 7.76. The summed E-state index contributed by atoms with van der Waals surface area (Å²) in [5, 5.41) is 11.8. The Bertz CT molecular complexity index is 888. The minimum atomic E-state index is -1.56. The summed E-state index contributed by atoms with van der Waals surface area (Å²) in [5.74, 6) is -0.559. The van der Waals surface area contributed by atoms with E-state index in [4.69, 9.17) is 4.74 Å². The van der Waals surface area contributed by atoms with E-state index in [-0.39, 0.29) is 12.0 Å². The number of benzene rings is 1. The molecule has 1 aromatic heterocycles. The van der Waals surface area contributed by atoms with Crippen LogP contribution in [-0.4, -0.2) is 58.3 Å². The van der Waals surface area contributed by atoms with Crippen molar-refractivity contribution in [2.24, 2.45) is 5.92 Å². The molecule has 0 amide bonds. The molecule has 33 heavy (non-hydrogen) atoms. The molecule has 1 aliphatic heterocycles. The summed E-state index contributed by atoms with van der Waals surface area (Å²) in [4.78, 5) is 22.0. The second-order valence-electron chi connectivity index (χ2n) is 10.1. The predicted octanol–water partition coefficient (Wildman–Crippen LogP) is 4.03. The van der Waals surface area contributed by atoms with Gasteiger partial charge >= 0.3 is 5.97 Å². The van der Waals surface area contributed by atoms with Gasteiger partial charge in [-0.25, -0.2) is 4.79 Å². The van der Waals surface area contributed by atoms with Crippen LogP contribution < -0.4 is 0 Å². The number of nitrogens with zero attached hydrogens (tertiary/aromatic N) is 3. The third kappa shape index (κ3) is 5.44. The van der Waals surface area contributed by atoms with Crippen molar-refractivity contribution in [2.75, 3.05) is 26.7 Å². The minimum Gasteiger partial charge on any atom is -0.457 e. The average molecular weight is 453 g/mol. The molecular formula is C27H38N3O3+. The number of hydrogen-bond donors (Lipinski definition) is 1. The highest BCUT2D eigenvalue weighted by Gasteiger charge is 2.48. The Morgan fingerprint density at radius 1 is 1.12 bits per heavy atom. The number of likely N-dealkylation sites (tertiary alicyclic amines) is 1. The zero-order valence-corrected chi connectivity index (χ0v) is 19.9. The summed E-state index contributed by atoms with van der Waals surface area (Å²) in [6.45, 7) is 2.47. The van der Waals surface area contributed by atoms with Crippen LogP contribution in [-0.2, 0) is 21.6 Å². The molecule has 1 saturated heterocycles. The molecule has 0 spiro atoms. The van der Waals surface area contributed by atoms with Crippen LogP contribution in [0.5, 0.6) is 0 Å². The number of esters is 1. The van der Waals surface area contributed by atoms with Gasteiger partial charge in [-0.3, -0.25) is 9.97 Å². The molecule has 4 rings (SSSR count). The van der Waals surface area contributed by atoms with Gasteiger partial charge in [-0.15, -0.1) is 0 Å². The van der Waals surface area contributed by atoms with Crippen molar-refractivity contribution < 1.29 is 19.1 Å². The summed E-state index contributed by atoms with van der Waals surface area (Å²) >= 11 is 0. The maximum Gasteiger partial charge on any atom is 0.343 e. The molecule has 2 unspecified atom stereocenters. The first-order valence-corrected chi connectivity index (χ1v) is 12.6. The molecule has 6 nitrogen and oxygen atoms in total. The molecular weight excluding hydrogens is 414 g/mol. The summed E-state index contributed by atoms with van der Waals surface area (Å²) in [7, 11) is 2.27. The number of hydrogen-bond acceptors (Lipinski definition) is 5. The number of quaternary nitrogens is 1. The van der Waals surface area contributed by atoms with E-state index in [0.29, 0.717) is 12.2 Å². The Hall–Kier alpha value is -2.31. The molecule has 6 heteroatoms. The number of likely N-dealkylation sites (N-methyl/N-ethyl adjacent to an activating group) is 1. The molecule has 1 N–H and O–H groups in total. The number of carbonyl (C=O) groups is 1. The fourth-order valence-corrected chi connectivity index (χ4v) is 5.84. The van der Waals surface area contributed by atoms with Gasteiger partial charge in [-0.1, -0.05) is 49.6 Å². The Morgan fingerprint density at radius 2 is 1.91 bits per heavy atom. The molecule has 2 fully saturated rings. The Labute approximate surface area is 197 Å². The first-order chi connectivity index (χ1) is 16.0. The van der Waals surface area contributed by atoms with Crippen LogP contribution in [0.1, 0.15) is 62.6 Å². The smallest absolute Gasteiger partial charge is 0.343 e. The molecule has 1 aliphatic carbocycles. The molecule has 2 aromatic rings. The topological polar surface area (TPSA) is 72.3 Å². The zero-order valence-electron chi connectivity index (χ0n) is 19.9. The fourth-order valence-electron chi connectivity index (χ4n) is 5.84. The van der Waals surface area contributed by atoms with Gasteiger partial charge < -0.3 is 14.3 Å². The van der Waals surface area contributed by atoms with Gasteiger partial charge in [-0.2, -0.15) is 0 Å². The van der Waals surface area contributed by atoms with E-state index in [1.807, 2.05) is 36.5 Å². The van der Waals surface area contributed by atoms with Crippen molar-refractivity contribution in [2.45, 2.75) is 69.4 Å². The van der Waals surface area contributed by atoms with E-state index in [2.05, 4.69) is 17.0 Å². The highest BCUT2D eigenvalue weighted by Crippen LogP contribution is 2.40. The summed E-state index contributed by atoms with van der Waals surface area (Å²) in [5.41, 5.74) is 0.122. The second-order valence-corrected chi connectivity index (χ2v) is 10.1. The number of aromatic nitrogens is 2. The quantitative estimate of drug-likeness (QED) is 0.459. The Morgan fingerprint density at radius 3 is 2.64 bits per heavy atom. The summed E-state index contributed by atoms with van der Waals surface area (Å²) < 4.78 is 6.84. The first-order valence-electron chi connectivity index (χ1n) is 12.6. The lowest BCUT2D eigenvalue weighted by molar-refractivity contribution is -0.921. The average Bonchev–Trinajstić information content (AvgIpc) is 3.23. The van der Waals surface area contributed by atoms with Crippen LogP contribution in [0.3, 0.4) is 0 Å². The SMILES string of the molecule is C[N@+]1(CCCc2cnccn2)CCCC1COC(=O)C(O)(c1ccccc1)C1CCCCC1. The minimum absolute atomic E-state index is 0.0856. The fraction of sp³-hybridized carbons (Fsp3) is 0.593. The molecule has 3 atom stereocenters. The number of aryl methyl sites for hydroxylation is 1. The number of ether oxygens (including phenoxy) is 1. The van der Waals surface area contributed by atoms with E-state index < -0.39 is 11.6 Å². The van der Waals surface area contributed by atoms with Gasteiger partial charge in [0.2, 0.25) is 0 Å². The van der Waals surface area contributed by atoms with Crippen LogP contribution in [0.25, 0.3) is 0 Å². The second kappa shape index (κ2) is 10.7. The lowest BCUT2D eigenvalue weighted by Crippen LogP contribution is -2.52. The van der Waals surface area contributed by atoms with Gasteiger partial charge in [0.15, 0.2) is 5.60 Å².